The minimum atomic E-state index is -0.912. The zero-order valence-corrected chi connectivity index (χ0v) is 20.1. The molecule has 1 unspecified atom stereocenters. The molecule has 0 amide bonds. The first-order valence-electron chi connectivity index (χ1n) is 12.3. The normalized spacial score (nSPS) is 12.0. The molecule has 2 aromatic rings. The summed E-state index contributed by atoms with van der Waals surface area (Å²) < 4.78 is 12.3. The standard InChI is InChI=1S/C28H40O4/c1-4-7-9-10-11-12-20-31-24-17-18-25(22-13-15-23(16-14-22)28(29)30)26(21-24)27(6-3)32-19-8-5-2/h13-18,21,27H,4-12,19-20H2,1-3H3,(H,29,30). The van der Waals surface area contributed by atoms with Gasteiger partial charge in [0.05, 0.1) is 18.3 Å². The molecule has 0 aromatic heterocycles. The molecule has 0 fully saturated rings. The van der Waals surface area contributed by atoms with E-state index in [9.17, 15) is 9.90 Å². The lowest BCUT2D eigenvalue weighted by atomic mass is 9.94. The van der Waals surface area contributed by atoms with Gasteiger partial charge in [0.15, 0.2) is 0 Å². The number of hydrogen-bond acceptors (Lipinski definition) is 3. The fourth-order valence-corrected chi connectivity index (χ4v) is 3.82. The van der Waals surface area contributed by atoms with Gasteiger partial charge in [0.2, 0.25) is 0 Å². The maximum atomic E-state index is 11.2. The van der Waals surface area contributed by atoms with E-state index in [0.717, 1.165) is 61.3 Å². The molecule has 0 aliphatic rings. The van der Waals surface area contributed by atoms with E-state index in [0.29, 0.717) is 5.56 Å². The second-order valence-corrected chi connectivity index (χ2v) is 8.37. The van der Waals surface area contributed by atoms with E-state index >= 15 is 0 Å². The van der Waals surface area contributed by atoms with Gasteiger partial charge in [-0.25, -0.2) is 4.79 Å². The van der Waals surface area contributed by atoms with Crippen LogP contribution in [0.15, 0.2) is 42.5 Å². The summed E-state index contributed by atoms with van der Waals surface area (Å²) >= 11 is 0. The molecule has 0 aliphatic carbocycles. The molecule has 4 nitrogen and oxygen atoms in total. The molecule has 0 saturated carbocycles. The third-order valence-corrected chi connectivity index (χ3v) is 5.77. The summed E-state index contributed by atoms with van der Waals surface area (Å²) in [6.07, 6.45) is 10.4. The molecule has 0 bridgehead atoms. The molecule has 0 aliphatic heterocycles. The highest BCUT2D eigenvalue weighted by Crippen LogP contribution is 2.35. The van der Waals surface area contributed by atoms with Gasteiger partial charge in [-0.1, -0.05) is 77.5 Å². The first-order valence-corrected chi connectivity index (χ1v) is 12.3. The molecule has 1 N–H and O–H groups in total. The zero-order chi connectivity index (χ0) is 23.2. The highest BCUT2D eigenvalue weighted by molar-refractivity contribution is 5.88. The molecule has 0 saturated heterocycles. The number of rotatable bonds is 16. The van der Waals surface area contributed by atoms with Crippen molar-refractivity contribution in [1.29, 1.82) is 0 Å². The van der Waals surface area contributed by atoms with Crippen molar-refractivity contribution in [3.63, 3.8) is 0 Å². The number of hydrogen-bond donors (Lipinski definition) is 1. The van der Waals surface area contributed by atoms with Crippen LogP contribution in [-0.2, 0) is 4.74 Å². The maximum Gasteiger partial charge on any atom is 0.335 e. The van der Waals surface area contributed by atoms with Crippen LogP contribution in [0.4, 0.5) is 0 Å². The van der Waals surface area contributed by atoms with E-state index in [1.165, 1.54) is 32.1 Å². The van der Waals surface area contributed by atoms with Gasteiger partial charge in [-0.3, -0.25) is 0 Å². The summed E-state index contributed by atoms with van der Waals surface area (Å²) in [7, 11) is 0. The second-order valence-electron chi connectivity index (χ2n) is 8.37. The third-order valence-electron chi connectivity index (χ3n) is 5.77. The SMILES string of the molecule is CCCCCCCCOc1ccc(-c2ccc(C(=O)O)cc2)c(C(CC)OCCCC)c1. The van der Waals surface area contributed by atoms with Crippen molar-refractivity contribution >= 4 is 5.97 Å². The Balaban J connectivity index is 2.17. The van der Waals surface area contributed by atoms with Crippen LogP contribution in [0.1, 0.15) is 101 Å². The van der Waals surface area contributed by atoms with Crippen LogP contribution in [0.2, 0.25) is 0 Å². The van der Waals surface area contributed by atoms with Gasteiger partial charge in [0, 0.05) is 6.61 Å². The lowest BCUT2D eigenvalue weighted by Gasteiger charge is -2.21. The Hall–Kier alpha value is -2.33. The molecule has 4 heteroatoms. The highest BCUT2D eigenvalue weighted by atomic mass is 16.5. The van der Waals surface area contributed by atoms with E-state index in [1.54, 1.807) is 12.1 Å². The van der Waals surface area contributed by atoms with Crippen molar-refractivity contribution in [1.82, 2.24) is 0 Å². The van der Waals surface area contributed by atoms with Gasteiger partial charge in [-0.2, -0.15) is 0 Å². The predicted molar refractivity (Wildman–Crippen MR) is 132 cm³/mol. The Labute approximate surface area is 194 Å². The smallest absolute Gasteiger partial charge is 0.335 e. The van der Waals surface area contributed by atoms with Crippen LogP contribution < -0.4 is 4.74 Å². The summed E-state index contributed by atoms with van der Waals surface area (Å²) in [6, 6.07) is 13.3. The van der Waals surface area contributed by atoms with Crippen LogP contribution >= 0.6 is 0 Å². The van der Waals surface area contributed by atoms with Crippen LogP contribution in [0.25, 0.3) is 11.1 Å². The number of ether oxygens (including phenoxy) is 2. The van der Waals surface area contributed by atoms with Gasteiger partial charge in [-0.15, -0.1) is 0 Å². The molecule has 2 aromatic carbocycles. The van der Waals surface area contributed by atoms with Crippen LogP contribution in [0, 0.1) is 0 Å². The minimum Gasteiger partial charge on any atom is -0.494 e. The largest absolute Gasteiger partial charge is 0.494 e. The van der Waals surface area contributed by atoms with Crippen LogP contribution in [0.3, 0.4) is 0 Å². The number of carbonyl (C=O) groups is 1. The fourth-order valence-electron chi connectivity index (χ4n) is 3.82. The molecule has 32 heavy (non-hydrogen) atoms. The van der Waals surface area contributed by atoms with Crippen molar-refractivity contribution in [2.75, 3.05) is 13.2 Å². The first-order chi connectivity index (χ1) is 15.6. The first kappa shape index (κ1) is 25.9. The summed E-state index contributed by atoms with van der Waals surface area (Å²) in [5.74, 6) is -0.0402. The Morgan fingerprint density at radius 2 is 1.53 bits per heavy atom. The molecule has 0 heterocycles. The average Bonchev–Trinajstić information content (AvgIpc) is 2.81. The van der Waals surface area contributed by atoms with Crippen molar-refractivity contribution in [3.8, 4) is 16.9 Å². The van der Waals surface area contributed by atoms with Gasteiger partial charge < -0.3 is 14.6 Å². The Morgan fingerprint density at radius 1 is 0.844 bits per heavy atom. The van der Waals surface area contributed by atoms with E-state index < -0.39 is 5.97 Å². The zero-order valence-electron chi connectivity index (χ0n) is 20.1. The maximum absolute atomic E-state index is 11.2. The summed E-state index contributed by atoms with van der Waals surface area (Å²) in [5.41, 5.74) is 3.45. The number of benzene rings is 2. The van der Waals surface area contributed by atoms with Gasteiger partial charge in [0.25, 0.3) is 0 Å². The van der Waals surface area contributed by atoms with Crippen molar-refractivity contribution in [3.05, 3.63) is 53.6 Å². The molecule has 1 atom stereocenters. The van der Waals surface area contributed by atoms with Crippen molar-refractivity contribution < 1.29 is 19.4 Å². The monoisotopic (exact) mass is 440 g/mol. The van der Waals surface area contributed by atoms with Crippen molar-refractivity contribution in [2.24, 2.45) is 0 Å². The Kier molecular flexibility index (Phi) is 11.9. The lowest BCUT2D eigenvalue weighted by Crippen LogP contribution is -2.07. The quantitative estimate of drug-likeness (QED) is 0.268. The van der Waals surface area contributed by atoms with Gasteiger partial charge in [-0.05, 0) is 60.2 Å². The van der Waals surface area contributed by atoms with E-state index in [4.69, 9.17) is 9.47 Å². The fraction of sp³-hybridized carbons (Fsp3) is 0.536. The third kappa shape index (κ3) is 8.31. The number of carboxylic acid groups (broad SMARTS) is 1. The minimum absolute atomic E-state index is 0.0201. The van der Waals surface area contributed by atoms with E-state index in [-0.39, 0.29) is 6.10 Å². The number of unbranched alkanes of at least 4 members (excludes halogenated alkanes) is 6. The topological polar surface area (TPSA) is 55.8 Å². The molecule has 176 valence electrons. The van der Waals surface area contributed by atoms with Crippen molar-refractivity contribution in [2.45, 2.75) is 84.7 Å². The molecule has 2 rings (SSSR count). The summed E-state index contributed by atoms with van der Waals surface area (Å²) in [5, 5.41) is 9.21. The van der Waals surface area contributed by atoms with Crippen LogP contribution in [-0.4, -0.2) is 24.3 Å². The van der Waals surface area contributed by atoms with E-state index in [1.807, 2.05) is 18.2 Å². The number of aromatic carboxylic acids is 1. The Morgan fingerprint density at radius 3 is 2.19 bits per heavy atom. The molecule has 0 radical (unpaired) electrons. The van der Waals surface area contributed by atoms with Crippen LogP contribution in [0.5, 0.6) is 5.75 Å². The predicted octanol–water partition coefficient (Wildman–Crippen LogP) is 8.06. The van der Waals surface area contributed by atoms with Gasteiger partial charge in [0.1, 0.15) is 5.75 Å². The Bertz CT molecular complexity index is 798. The molecular weight excluding hydrogens is 400 g/mol. The lowest BCUT2D eigenvalue weighted by molar-refractivity contribution is 0.0483. The molecule has 0 spiro atoms. The molecular formula is C28H40O4. The highest BCUT2D eigenvalue weighted by Gasteiger charge is 2.17. The van der Waals surface area contributed by atoms with Gasteiger partial charge >= 0.3 is 5.97 Å². The summed E-state index contributed by atoms with van der Waals surface area (Å²) in [6.45, 7) is 8.00. The van der Waals surface area contributed by atoms with E-state index in [2.05, 4.69) is 32.9 Å². The number of carboxylic acids is 1. The average molecular weight is 441 g/mol. The second kappa shape index (κ2) is 14.7. The summed E-state index contributed by atoms with van der Waals surface area (Å²) in [4.78, 5) is 11.2.